The Hall–Kier alpha value is -1.86. The number of alkyl halides is 2. The van der Waals surface area contributed by atoms with Gasteiger partial charge in [-0.15, -0.1) is 0 Å². The maximum Gasteiger partial charge on any atom is 0.350 e. The molecule has 2 nitrogen and oxygen atoms in total. The van der Waals surface area contributed by atoms with E-state index in [-0.39, 0.29) is 12.6 Å². The summed E-state index contributed by atoms with van der Waals surface area (Å²) in [6, 6.07) is 27.6. The molecule has 4 rings (SSSR count). The molecule has 29 heavy (non-hydrogen) atoms. The van der Waals surface area contributed by atoms with Crippen molar-refractivity contribution in [1.82, 2.24) is 5.32 Å². The van der Waals surface area contributed by atoms with Gasteiger partial charge in [-0.05, 0) is 48.0 Å². The van der Waals surface area contributed by atoms with Crippen LogP contribution in [0.15, 0.2) is 101 Å². The molecule has 0 aliphatic carbocycles. The topological polar surface area (TPSA) is 21.3 Å². The van der Waals surface area contributed by atoms with Crippen molar-refractivity contribution in [1.29, 1.82) is 0 Å². The number of nitrogens with one attached hydrogen (secondary N) is 1. The van der Waals surface area contributed by atoms with Crippen molar-refractivity contribution in [2.75, 3.05) is 6.61 Å². The van der Waals surface area contributed by atoms with E-state index in [1.807, 2.05) is 66.7 Å². The van der Waals surface area contributed by atoms with Crippen LogP contribution in [0.3, 0.4) is 0 Å². The second-order valence-corrected chi connectivity index (χ2v) is 9.24. The van der Waals surface area contributed by atoms with Gasteiger partial charge in [-0.2, -0.15) is 8.78 Å². The predicted octanol–water partition coefficient (Wildman–Crippen LogP) is 6.05. The molecule has 0 bridgehead atoms. The van der Waals surface area contributed by atoms with E-state index in [0.717, 1.165) is 22.2 Å². The van der Waals surface area contributed by atoms with Gasteiger partial charge in [0.25, 0.3) is 0 Å². The number of hydrogen-bond donors (Lipinski definition) is 1. The highest BCUT2D eigenvalue weighted by atomic mass is 32.2. The largest absolute Gasteiger partial charge is 0.350 e. The fourth-order valence-electron chi connectivity index (χ4n) is 3.22. The number of rotatable bonds is 7. The molecule has 0 saturated carbocycles. The summed E-state index contributed by atoms with van der Waals surface area (Å²) in [5.74, 6) is 0. The van der Waals surface area contributed by atoms with Crippen LogP contribution in [0, 0.1) is 0 Å². The summed E-state index contributed by atoms with van der Waals surface area (Å²) in [6.45, 7) is 0.222. The molecule has 0 radical (unpaired) electrons. The Labute approximate surface area is 178 Å². The number of ether oxygens (including phenoxy) is 1. The minimum Gasteiger partial charge on any atom is -0.343 e. The minimum atomic E-state index is -3.19. The van der Waals surface area contributed by atoms with Gasteiger partial charge in [-0.3, -0.25) is 5.32 Å². The van der Waals surface area contributed by atoms with E-state index in [1.54, 1.807) is 24.3 Å². The lowest BCUT2D eigenvalue weighted by Crippen LogP contribution is -2.53. The molecule has 3 aromatic carbocycles. The second kappa shape index (κ2) is 8.88. The van der Waals surface area contributed by atoms with Gasteiger partial charge >= 0.3 is 5.25 Å². The van der Waals surface area contributed by atoms with E-state index in [9.17, 15) is 0 Å². The van der Waals surface area contributed by atoms with Crippen LogP contribution in [0.2, 0.25) is 0 Å². The first kappa shape index (κ1) is 20.4. The van der Waals surface area contributed by atoms with Crippen LogP contribution < -0.4 is 5.32 Å². The van der Waals surface area contributed by atoms with E-state index in [1.165, 1.54) is 0 Å². The lowest BCUT2D eigenvalue weighted by atomic mass is 10.1. The molecule has 2 atom stereocenters. The number of thioether (sulfide) groups is 2. The average Bonchev–Trinajstić information content (AvgIpc) is 3.14. The molecule has 0 spiro atoms. The molecule has 1 N–H and O–H groups in total. The van der Waals surface area contributed by atoms with Gasteiger partial charge in [0, 0.05) is 15.8 Å². The van der Waals surface area contributed by atoms with Crippen LogP contribution in [0.4, 0.5) is 8.78 Å². The zero-order valence-corrected chi connectivity index (χ0v) is 17.3. The van der Waals surface area contributed by atoms with Crippen molar-refractivity contribution < 1.29 is 13.5 Å². The SMILES string of the molecule is FC(F)(Sc1ccccc1)C1(Sc2ccccc2)N[C@H](Cc2ccccc2)CO1. The summed E-state index contributed by atoms with van der Waals surface area (Å²) in [7, 11) is 0. The Morgan fingerprint density at radius 3 is 2.03 bits per heavy atom. The van der Waals surface area contributed by atoms with Crippen molar-refractivity contribution in [3.05, 3.63) is 96.6 Å². The molecular weight excluding hydrogens is 408 g/mol. The molecule has 0 amide bonds. The highest BCUT2D eigenvalue weighted by Crippen LogP contribution is 2.53. The zero-order valence-electron chi connectivity index (χ0n) is 15.6. The number of benzene rings is 3. The summed E-state index contributed by atoms with van der Waals surface area (Å²) in [5.41, 5.74) is 1.09. The van der Waals surface area contributed by atoms with Crippen LogP contribution in [-0.4, -0.2) is 23.0 Å². The summed E-state index contributed by atoms with van der Waals surface area (Å²) in [6.07, 6.45) is 0.629. The first-order chi connectivity index (χ1) is 14.1. The van der Waals surface area contributed by atoms with E-state index >= 15 is 8.78 Å². The van der Waals surface area contributed by atoms with Crippen molar-refractivity contribution >= 4 is 23.5 Å². The van der Waals surface area contributed by atoms with Gasteiger partial charge < -0.3 is 4.74 Å². The van der Waals surface area contributed by atoms with Gasteiger partial charge in [0.2, 0.25) is 5.06 Å². The molecule has 0 aromatic heterocycles. The molecular formula is C23H21F2NOS2. The van der Waals surface area contributed by atoms with Gasteiger partial charge in [-0.25, -0.2) is 0 Å². The lowest BCUT2D eigenvalue weighted by Gasteiger charge is -2.35. The predicted molar refractivity (Wildman–Crippen MR) is 115 cm³/mol. The van der Waals surface area contributed by atoms with Gasteiger partial charge in [-0.1, -0.05) is 78.5 Å². The van der Waals surface area contributed by atoms with Crippen LogP contribution in [0.25, 0.3) is 0 Å². The smallest absolute Gasteiger partial charge is 0.343 e. The summed E-state index contributed by atoms with van der Waals surface area (Å²) < 4.78 is 37.1. The quantitative estimate of drug-likeness (QED) is 0.462. The van der Waals surface area contributed by atoms with Crippen molar-refractivity contribution in [2.24, 2.45) is 0 Å². The normalized spacial score (nSPS) is 21.9. The van der Waals surface area contributed by atoms with Crippen LogP contribution >= 0.6 is 23.5 Å². The maximum absolute atomic E-state index is 15.6. The third-order valence-corrected chi connectivity index (χ3v) is 7.05. The van der Waals surface area contributed by atoms with Gasteiger partial charge in [0.15, 0.2) is 0 Å². The summed E-state index contributed by atoms with van der Waals surface area (Å²) in [5, 5.41) is -1.92. The molecule has 1 unspecified atom stereocenters. The first-order valence-electron chi connectivity index (χ1n) is 9.38. The molecule has 1 aliphatic rings. The molecule has 1 fully saturated rings. The summed E-state index contributed by atoms with van der Waals surface area (Å²) >= 11 is 1.56. The van der Waals surface area contributed by atoms with Crippen molar-refractivity contribution in [2.45, 2.75) is 32.6 Å². The molecule has 150 valence electrons. The molecule has 3 aromatic rings. The molecule has 1 heterocycles. The maximum atomic E-state index is 15.6. The molecule has 1 saturated heterocycles. The third-order valence-electron chi connectivity index (χ3n) is 4.58. The Balaban J connectivity index is 1.59. The van der Waals surface area contributed by atoms with Crippen LogP contribution in [0.5, 0.6) is 0 Å². The third kappa shape index (κ3) is 4.83. The fraction of sp³-hybridized carbons (Fsp3) is 0.217. The Morgan fingerprint density at radius 1 is 0.862 bits per heavy atom. The monoisotopic (exact) mass is 429 g/mol. The van der Waals surface area contributed by atoms with Crippen molar-refractivity contribution in [3.63, 3.8) is 0 Å². The van der Waals surface area contributed by atoms with Gasteiger partial charge in [0.05, 0.1) is 6.61 Å². The van der Waals surface area contributed by atoms with E-state index in [4.69, 9.17) is 4.74 Å². The van der Waals surface area contributed by atoms with E-state index in [0.29, 0.717) is 23.1 Å². The standard InChI is InChI=1S/C23H21F2NOS2/c24-22(25,28-20-12-6-2-7-13-20)23(29-21-14-8-3-9-15-21)26-19(17-27-23)16-18-10-4-1-5-11-18/h1-15,19,26H,16-17H2/t19-,23?/m1/s1. The Morgan fingerprint density at radius 2 is 1.41 bits per heavy atom. The fourth-order valence-corrected chi connectivity index (χ4v) is 5.41. The minimum absolute atomic E-state index is 0.198. The zero-order chi connectivity index (χ0) is 20.2. The lowest BCUT2D eigenvalue weighted by molar-refractivity contribution is -0.0815. The van der Waals surface area contributed by atoms with Crippen molar-refractivity contribution in [3.8, 4) is 0 Å². The average molecular weight is 430 g/mol. The number of halogens is 2. The van der Waals surface area contributed by atoms with E-state index < -0.39 is 10.3 Å². The highest BCUT2D eigenvalue weighted by Gasteiger charge is 2.60. The first-order valence-corrected chi connectivity index (χ1v) is 11.0. The van der Waals surface area contributed by atoms with Crippen LogP contribution in [0.1, 0.15) is 5.56 Å². The second-order valence-electron chi connectivity index (χ2n) is 6.81. The molecule has 1 aliphatic heterocycles. The Kier molecular flexibility index (Phi) is 6.25. The summed E-state index contributed by atoms with van der Waals surface area (Å²) in [4.78, 5) is 1.23. The van der Waals surface area contributed by atoms with Gasteiger partial charge in [0.1, 0.15) is 0 Å². The van der Waals surface area contributed by atoms with E-state index in [2.05, 4.69) is 5.32 Å². The number of hydrogen-bond acceptors (Lipinski definition) is 4. The molecule has 6 heteroatoms. The Bertz CT molecular complexity index is 912. The van der Waals surface area contributed by atoms with Crippen LogP contribution in [-0.2, 0) is 11.2 Å². The highest BCUT2D eigenvalue weighted by molar-refractivity contribution is 8.04.